The van der Waals surface area contributed by atoms with Gasteiger partial charge in [-0.05, 0) is 18.2 Å². The fourth-order valence-corrected chi connectivity index (χ4v) is 2.38. The zero-order valence-electron chi connectivity index (χ0n) is 10.1. The first kappa shape index (κ1) is 14.9. The summed E-state index contributed by atoms with van der Waals surface area (Å²) in [4.78, 5) is 11.0. The molecule has 108 valence electrons. The molecular formula is C12H9BrF3NO3. The summed E-state index contributed by atoms with van der Waals surface area (Å²) in [5.74, 6) is -2.37. The quantitative estimate of drug-likeness (QED) is 0.874. The van der Waals surface area contributed by atoms with Gasteiger partial charge >= 0.3 is 12.1 Å². The highest BCUT2D eigenvalue weighted by Crippen LogP contribution is 2.41. The summed E-state index contributed by atoms with van der Waals surface area (Å²) < 4.78 is 40.6. The van der Waals surface area contributed by atoms with Gasteiger partial charge in [-0.3, -0.25) is 0 Å². The summed E-state index contributed by atoms with van der Waals surface area (Å²) in [6.45, 7) is 0. The van der Waals surface area contributed by atoms with E-state index in [-0.39, 0.29) is 0 Å². The minimum absolute atomic E-state index is 0.373. The Balaban J connectivity index is 2.79. The zero-order valence-corrected chi connectivity index (χ0v) is 11.7. The summed E-state index contributed by atoms with van der Waals surface area (Å²) in [6.07, 6.45) is -5.34. The summed E-state index contributed by atoms with van der Waals surface area (Å²) >= 11 is 3.18. The zero-order chi connectivity index (χ0) is 15.3. The Morgan fingerprint density at radius 3 is 2.40 bits per heavy atom. The van der Waals surface area contributed by atoms with Crippen LogP contribution in [-0.4, -0.2) is 26.9 Å². The lowest BCUT2D eigenvalue weighted by Gasteiger charge is -2.26. The Kier molecular flexibility index (Phi) is 3.34. The highest BCUT2D eigenvalue weighted by atomic mass is 79.9. The fraction of sp³-hybridized carbons (Fsp3) is 0.250. The number of benzene rings is 1. The molecule has 0 spiro atoms. The number of nitrogens with zero attached hydrogens (tertiary/aromatic N) is 1. The third-order valence-corrected chi connectivity index (χ3v) is 3.59. The van der Waals surface area contributed by atoms with Gasteiger partial charge in [-0.15, -0.1) is 0 Å². The molecule has 4 nitrogen and oxygen atoms in total. The van der Waals surface area contributed by atoms with Crippen molar-refractivity contribution in [3.8, 4) is 0 Å². The molecule has 0 radical (unpaired) electrons. The van der Waals surface area contributed by atoms with Gasteiger partial charge in [0.05, 0.1) is 5.69 Å². The topological polar surface area (TPSA) is 62.5 Å². The first-order chi connectivity index (χ1) is 9.09. The summed E-state index contributed by atoms with van der Waals surface area (Å²) in [7, 11) is 1.27. The maximum absolute atomic E-state index is 13.0. The minimum Gasteiger partial charge on any atom is -0.479 e. The summed E-state index contributed by atoms with van der Waals surface area (Å²) in [6, 6.07) is 5.70. The first-order valence-corrected chi connectivity index (χ1v) is 6.16. The molecule has 20 heavy (non-hydrogen) atoms. The maximum atomic E-state index is 13.0. The number of hydrogen-bond acceptors (Lipinski definition) is 2. The number of aliphatic hydroxyl groups is 1. The van der Waals surface area contributed by atoms with E-state index < -0.39 is 23.4 Å². The van der Waals surface area contributed by atoms with Gasteiger partial charge in [-0.2, -0.15) is 13.2 Å². The van der Waals surface area contributed by atoms with Crippen LogP contribution in [0, 0.1) is 0 Å². The van der Waals surface area contributed by atoms with Crippen molar-refractivity contribution in [2.45, 2.75) is 11.8 Å². The minimum atomic E-state index is -5.34. The Hall–Kier alpha value is -1.54. The summed E-state index contributed by atoms with van der Waals surface area (Å²) in [5.41, 5.74) is -4.32. The number of carboxylic acids is 1. The van der Waals surface area contributed by atoms with Gasteiger partial charge in [-0.1, -0.05) is 22.0 Å². The van der Waals surface area contributed by atoms with Gasteiger partial charge in [0.15, 0.2) is 0 Å². The molecule has 0 fully saturated rings. The first-order valence-electron chi connectivity index (χ1n) is 5.37. The number of alkyl halides is 3. The molecule has 1 heterocycles. The number of aliphatic carboxylic acids is 1. The molecule has 0 aliphatic heterocycles. The SMILES string of the molecule is Cn1c(C(O)(C(=O)O)C(F)(F)F)cc2ccc(Br)cc21. The lowest BCUT2D eigenvalue weighted by molar-refractivity contribution is -0.267. The van der Waals surface area contributed by atoms with Crippen molar-refractivity contribution < 1.29 is 28.2 Å². The second-order valence-corrected chi connectivity index (χ2v) is 5.22. The van der Waals surface area contributed by atoms with Gasteiger partial charge in [0.1, 0.15) is 0 Å². The number of aryl methyl sites for hydroxylation is 1. The number of carboxylic acid groups (broad SMARTS) is 1. The Morgan fingerprint density at radius 2 is 1.90 bits per heavy atom. The predicted octanol–water partition coefficient (Wildman–Crippen LogP) is 2.78. The Bertz CT molecular complexity index is 695. The van der Waals surface area contributed by atoms with Crippen LogP contribution < -0.4 is 0 Å². The number of fused-ring (bicyclic) bond motifs is 1. The van der Waals surface area contributed by atoms with Gasteiger partial charge in [-0.25, -0.2) is 4.79 Å². The van der Waals surface area contributed by atoms with Gasteiger partial charge < -0.3 is 14.8 Å². The van der Waals surface area contributed by atoms with Gasteiger partial charge in [0, 0.05) is 22.4 Å². The van der Waals surface area contributed by atoms with Crippen LogP contribution in [0.25, 0.3) is 10.9 Å². The highest BCUT2D eigenvalue weighted by molar-refractivity contribution is 9.10. The molecular weight excluding hydrogens is 343 g/mol. The lowest BCUT2D eigenvalue weighted by atomic mass is 9.99. The molecule has 0 amide bonds. The number of rotatable bonds is 2. The van der Waals surface area contributed by atoms with Crippen molar-refractivity contribution in [3.05, 3.63) is 34.4 Å². The fourth-order valence-electron chi connectivity index (χ4n) is 2.03. The average Bonchev–Trinajstić information content (AvgIpc) is 2.64. The van der Waals surface area contributed by atoms with Gasteiger partial charge in [0.25, 0.3) is 5.60 Å². The third kappa shape index (κ3) is 1.99. The monoisotopic (exact) mass is 351 g/mol. The van der Waals surface area contributed by atoms with E-state index in [4.69, 9.17) is 5.11 Å². The molecule has 0 aliphatic rings. The molecule has 0 saturated heterocycles. The maximum Gasteiger partial charge on any atom is 0.434 e. The van der Waals surface area contributed by atoms with Crippen molar-refractivity contribution in [2.24, 2.45) is 7.05 Å². The Labute approximate surface area is 119 Å². The Morgan fingerprint density at radius 1 is 1.30 bits per heavy atom. The van der Waals surface area contributed by atoms with Crippen molar-refractivity contribution >= 4 is 32.8 Å². The van der Waals surface area contributed by atoms with Crippen molar-refractivity contribution in [1.29, 1.82) is 0 Å². The standard InChI is InChI=1S/C12H9BrF3NO3/c1-17-8-5-7(13)3-2-6(8)4-9(17)11(20,10(18)19)12(14,15)16/h2-5,20H,1H3,(H,18,19). The average molecular weight is 352 g/mol. The van der Waals surface area contributed by atoms with Crippen LogP contribution in [-0.2, 0) is 17.4 Å². The molecule has 1 unspecified atom stereocenters. The van der Waals surface area contributed by atoms with E-state index in [0.717, 1.165) is 10.6 Å². The van der Waals surface area contributed by atoms with Crippen LogP contribution >= 0.6 is 15.9 Å². The van der Waals surface area contributed by atoms with E-state index >= 15 is 0 Å². The molecule has 8 heteroatoms. The molecule has 2 rings (SSSR count). The molecule has 2 N–H and O–H groups in total. The molecule has 2 aromatic rings. The number of carbonyl (C=O) groups is 1. The molecule has 1 aromatic carbocycles. The molecule has 1 atom stereocenters. The number of aromatic nitrogens is 1. The molecule has 0 aliphatic carbocycles. The second-order valence-electron chi connectivity index (χ2n) is 4.31. The van der Waals surface area contributed by atoms with E-state index in [2.05, 4.69) is 15.9 Å². The molecule has 0 saturated carbocycles. The van der Waals surface area contributed by atoms with E-state index in [9.17, 15) is 23.1 Å². The largest absolute Gasteiger partial charge is 0.479 e. The van der Waals surface area contributed by atoms with Gasteiger partial charge in [0.2, 0.25) is 0 Å². The van der Waals surface area contributed by atoms with Crippen molar-refractivity contribution in [2.75, 3.05) is 0 Å². The molecule has 1 aromatic heterocycles. The summed E-state index contributed by atoms with van der Waals surface area (Å²) in [5, 5.41) is 18.9. The van der Waals surface area contributed by atoms with E-state index in [1.54, 1.807) is 6.07 Å². The highest BCUT2D eigenvalue weighted by Gasteiger charge is 2.63. The van der Waals surface area contributed by atoms with Crippen LogP contribution in [0.5, 0.6) is 0 Å². The van der Waals surface area contributed by atoms with E-state index in [0.29, 0.717) is 15.4 Å². The van der Waals surface area contributed by atoms with Crippen LogP contribution in [0.3, 0.4) is 0 Å². The van der Waals surface area contributed by atoms with Crippen molar-refractivity contribution in [3.63, 3.8) is 0 Å². The van der Waals surface area contributed by atoms with Crippen LogP contribution in [0.1, 0.15) is 5.69 Å². The number of hydrogen-bond donors (Lipinski definition) is 2. The second kappa shape index (κ2) is 4.49. The van der Waals surface area contributed by atoms with Crippen LogP contribution in [0.2, 0.25) is 0 Å². The predicted molar refractivity (Wildman–Crippen MR) is 68.2 cm³/mol. The molecule has 0 bridgehead atoms. The van der Waals surface area contributed by atoms with Crippen molar-refractivity contribution in [1.82, 2.24) is 4.57 Å². The third-order valence-electron chi connectivity index (χ3n) is 3.10. The van der Waals surface area contributed by atoms with Crippen LogP contribution in [0.4, 0.5) is 13.2 Å². The normalized spacial score (nSPS) is 15.3. The lowest BCUT2D eigenvalue weighted by Crippen LogP contribution is -2.50. The van der Waals surface area contributed by atoms with Crippen LogP contribution in [0.15, 0.2) is 28.7 Å². The van der Waals surface area contributed by atoms with E-state index in [1.807, 2.05) is 0 Å². The number of halogens is 4. The van der Waals surface area contributed by atoms with E-state index in [1.165, 1.54) is 19.2 Å². The smallest absolute Gasteiger partial charge is 0.434 e.